The summed E-state index contributed by atoms with van der Waals surface area (Å²) in [5, 5.41) is 6.39. The molecule has 2 aromatic heterocycles. The first-order valence-corrected chi connectivity index (χ1v) is 8.07. The minimum Gasteiger partial charge on any atom is -0.360 e. The summed E-state index contributed by atoms with van der Waals surface area (Å²) in [6.45, 7) is 3.40. The highest BCUT2D eigenvalue weighted by molar-refractivity contribution is 6.03. The number of carbonyl (C=O) groups excluding carboxylic acids is 1. The van der Waals surface area contributed by atoms with E-state index in [-0.39, 0.29) is 5.91 Å². The fraction of sp³-hybridized carbons (Fsp3) is 0.222. The van der Waals surface area contributed by atoms with E-state index in [1.807, 2.05) is 6.07 Å². The average Bonchev–Trinajstić information content (AvgIpc) is 3.06. The quantitative estimate of drug-likeness (QED) is 0.792. The highest BCUT2D eigenvalue weighted by Crippen LogP contribution is 2.21. The van der Waals surface area contributed by atoms with E-state index in [4.69, 9.17) is 4.52 Å². The van der Waals surface area contributed by atoms with E-state index in [0.29, 0.717) is 23.1 Å². The van der Waals surface area contributed by atoms with Crippen molar-refractivity contribution in [2.75, 3.05) is 16.8 Å². The molecule has 3 heterocycles. The third kappa shape index (κ3) is 3.21. The Morgan fingerprint density at radius 3 is 2.68 bits per heavy atom. The number of fused-ring (bicyclic) bond motifs is 1. The number of aryl methyl sites for hydroxylation is 1. The first-order chi connectivity index (χ1) is 12.2. The van der Waals surface area contributed by atoms with Gasteiger partial charge in [-0.05, 0) is 24.5 Å². The molecule has 1 aliphatic rings. The lowest BCUT2D eigenvalue weighted by Crippen LogP contribution is -2.31. The Morgan fingerprint density at radius 1 is 1.20 bits per heavy atom. The van der Waals surface area contributed by atoms with Crippen molar-refractivity contribution in [1.29, 1.82) is 0 Å². The number of carbonyl (C=O) groups is 1. The average molecular weight is 335 g/mol. The summed E-state index contributed by atoms with van der Waals surface area (Å²) in [6, 6.07) is 10.0. The van der Waals surface area contributed by atoms with Crippen molar-refractivity contribution in [3.63, 3.8) is 0 Å². The third-order valence-corrected chi connectivity index (χ3v) is 4.18. The van der Waals surface area contributed by atoms with Gasteiger partial charge >= 0.3 is 0 Å². The van der Waals surface area contributed by atoms with Crippen molar-refractivity contribution in [2.24, 2.45) is 0 Å². The largest absolute Gasteiger partial charge is 0.360 e. The second kappa shape index (κ2) is 6.35. The molecule has 126 valence electrons. The number of rotatable bonds is 3. The van der Waals surface area contributed by atoms with Gasteiger partial charge in [-0.3, -0.25) is 4.79 Å². The van der Waals surface area contributed by atoms with Gasteiger partial charge in [-0.2, -0.15) is 0 Å². The summed E-state index contributed by atoms with van der Waals surface area (Å²) in [7, 11) is 0. The summed E-state index contributed by atoms with van der Waals surface area (Å²) < 4.78 is 4.93. The molecule has 0 atom stereocenters. The van der Waals surface area contributed by atoms with Gasteiger partial charge in [-0.15, -0.1) is 0 Å². The van der Waals surface area contributed by atoms with Crippen LogP contribution in [0.3, 0.4) is 0 Å². The number of anilines is 2. The molecule has 7 nitrogen and oxygen atoms in total. The lowest BCUT2D eigenvalue weighted by Gasteiger charge is -2.28. The van der Waals surface area contributed by atoms with Gasteiger partial charge in [0.2, 0.25) is 5.95 Å². The Bertz CT molecular complexity index is 904. The molecule has 1 aliphatic heterocycles. The Labute approximate surface area is 144 Å². The second-order valence-corrected chi connectivity index (χ2v) is 5.99. The monoisotopic (exact) mass is 335 g/mol. The number of nitrogens with zero attached hydrogens (tertiary/aromatic N) is 4. The number of amides is 1. The maximum atomic E-state index is 12.2. The second-order valence-electron chi connectivity index (χ2n) is 5.99. The zero-order chi connectivity index (χ0) is 17.2. The minimum absolute atomic E-state index is 0.316. The van der Waals surface area contributed by atoms with Gasteiger partial charge in [0.1, 0.15) is 5.76 Å². The van der Waals surface area contributed by atoms with Crippen molar-refractivity contribution in [1.82, 2.24) is 15.1 Å². The molecule has 1 amide bonds. The number of hydrogen-bond donors (Lipinski definition) is 1. The number of benzene rings is 1. The summed E-state index contributed by atoms with van der Waals surface area (Å²) in [6.07, 6.45) is 4.03. The summed E-state index contributed by atoms with van der Waals surface area (Å²) in [4.78, 5) is 23.0. The van der Waals surface area contributed by atoms with E-state index in [1.54, 1.807) is 13.0 Å². The van der Waals surface area contributed by atoms with Gasteiger partial charge in [0.25, 0.3) is 5.91 Å². The first-order valence-electron chi connectivity index (χ1n) is 8.07. The van der Waals surface area contributed by atoms with Crippen LogP contribution in [-0.4, -0.2) is 27.6 Å². The van der Waals surface area contributed by atoms with E-state index in [1.165, 1.54) is 23.5 Å². The standard InChI is InChI=1S/C18H17N5O2/c1-12-8-16(22-25-12)21-17(24)15-9-19-18(20-10-15)23-7-6-13-4-2-3-5-14(13)11-23/h2-5,8-10H,6-7,11H2,1H3,(H,21,22,24). The zero-order valence-corrected chi connectivity index (χ0v) is 13.8. The third-order valence-electron chi connectivity index (χ3n) is 4.18. The molecule has 3 aromatic rings. The van der Waals surface area contributed by atoms with E-state index >= 15 is 0 Å². The van der Waals surface area contributed by atoms with E-state index in [9.17, 15) is 4.79 Å². The normalized spacial score (nSPS) is 13.4. The van der Waals surface area contributed by atoms with Crippen LogP contribution < -0.4 is 10.2 Å². The van der Waals surface area contributed by atoms with Gasteiger partial charge in [-0.25, -0.2) is 9.97 Å². The fourth-order valence-corrected chi connectivity index (χ4v) is 2.88. The molecule has 0 aliphatic carbocycles. The Kier molecular flexibility index (Phi) is 3.89. The van der Waals surface area contributed by atoms with Crippen LogP contribution >= 0.6 is 0 Å². The molecule has 0 fully saturated rings. The van der Waals surface area contributed by atoms with Crippen LogP contribution in [0.4, 0.5) is 11.8 Å². The Morgan fingerprint density at radius 2 is 1.96 bits per heavy atom. The number of nitrogens with one attached hydrogen (secondary N) is 1. The van der Waals surface area contributed by atoms with Gasteiger partial charge in [0.05, 0.1) is 5.56 Å². The van der Waals surface area contributed by atoms with Crippen LogP contribution in [0.15, 0.2) is 47.2 Å². The van der Waals surface area contributed by atoms with Crippen LogP contribution in [-0.2, 0) is 13.0 Å². The molecule has 25 heavy (non-hydrogen) atoms. The lowest BCUT2D eigenvalue weighted by molar-refractivity contribution is 0.102. The van der Waals surface area contributed by atoms with Crippen molar-refractivity contribution >= 4 is 17.7 Å². The summed E-state index contributed by atoms with van der Waals surface area (Å²) in [5.74, 6) is 1.32. The molecule has 1 N–H and O–H groups in total. The molecule has 4 rings (SSSR count). The summed E-state index contributed by atoms with van der Waals surface area (Å²) in [5.41, 5.74) is 3.04. The highest BCUT2D eigenvalue weighted by Gasteiger charge is 2.18. The molecular formula is C18H17N5O2. The van der Waals surface area contributed by atoms with E-state index < -0.39 is 0 Å². The van der Waals surface area contributed by atoms with E-state index in [0.717, 1.165) is 19.5 Å². The van der Waals surface area contributed by atoms with Gasteiger partial charge < -0.3 is 14.7 Å². The zero-order valence-electron chi connectivity index (χ0n) is 13.8. The molecule has 7 heteroatoms. The molecule has 0 saturated heterocycles. The van der Waals surface area contributed by atoms with Crippen molar-refractivity contribution in [3.8, 4) is 0 Å². The predicted molar refractivity (Wildman–Crippen MR) is 92.4 cm³/mol. The lowest BCUT2D eigenvalue weighted by atomic mass is 10.0. The molecule has 0 bridgehead atoms. The number of hydrogen-bond acceptors (Lipinski definition) is 6. The fourth-order valence-electron chi connectivity index (χ4n) is 2.88. The molecule has 0 unspecified atom stereocenters. The Balaban J connectivity index is 1.46. The van der Waals surface area contributed by atoms with Crippen molar-refractivity contribution in [3.05, 3.63) is 65.2 Å². The van der Waals surface area contributed by atoms with Crippen molar-refractivity contribution < 1.29 is 9.32 Å². The number of aromatic nitrogens is 3. The molecule has 0 saturated carbocycles. The SMILES string of the molecule is Cc1cc(NC(=O)c2cnc(N3CCc4ccccc4C3)nc2)no1. The summed E-state index contributed by atoms with van der Waals surface area (Å²) >= 11 is 0. The van der Waals surface area contributed by atoms with Gasteiger partial charge in [0.15, 0.2) is 5.82 Å². The minimum atomic E-state index is -0.316. The predicted octanol–water partition coefficient (Wildman–Crippen LogP) is 2.59. The molecular weight excluding hydrogens is 318 g/mol. The highest BCUT2D eigenvalue weighted by atomic mass is 16.5. The van der Waals surface area contributed by atoms with Crippen LogP contribution in [0.2, 0.25) is 0 Å². The molecule has 0 radical (unpaired) electrons. The molecule has 0 spiro atoms. The van der Waals surface area contributed by atoms with Crippen LogP contribution in [0.1, 0.15) is 27.2 Å². The van der Waals surface area contributed by atoms with E-state index in [2.05, 4.69) is 43.5 Å². The smallest absolute Gasteiger partial charge is 0.260 e. The molecule has 1 aromatic carbocycles. The maximum Gasteiger partial charge on any atom is 0.260 e. The first kappa shape index (κ1) is 15.3. The van der Waals surface area contributed by atoms with Crippen LogP contribution in [0.5, 0.6) is 0 Å². The van der Waals surface area contributed by atoms with Crippen molar-refractivity contribution in [2.45, 2.75) is 19.9 Å². The Hall–Kier alpha value is -3.22. The van der Waals surface area contributed by atoms with Gasteiger partial charge in [-0.1, -0.05) is 29.4 Å². The topological polar surface area (TPSA) is 84.2 Å². The van der Waals surface area contributed by atoms with Crippen LogP contribution in [0, 0.1) is 6.92 Å². The van der Waals surface area contributed by atoms with Gasteiger partial charge in [0, 0.05) is 31.5 Å². The maximum absolute atomic E-state index is 12.2. The van der Waals surface area contributed by atoms with Crippen LogP contribution in [0.25, 0.3) is 0 Å².